The van der Waals surface area contributed by atoms with Crippen molar-refractivity contribution in [1.82, 2.24) is 0 Å². The highest BCUT2D eigenvalue weighted by atomic mass is 35.5. The van der Waals surface area contributed by atoms with Crippen molar-refractivity contribution in [2.24, 2.45) is 11.8 Å². The largest absolute Gasteiger partial charge is 0.457 e. The molecule has 1 aliphatic carbocycles. The first kappa shape index (κ1) is 22.9. The van der Waals surface area contributed by atoms with Crippen molar-refractivity contribution in [3.8, 4) is 11.5 Å². The fourth-order valence-corrected chi connectivity index (χ4v) is 4.63. The van der Waals surface area contributed by atoms with E-state index >= 15 is 0 Å². The zero-order valence-electron chi connectivity index (χ0n) is 19.0. The molecule has 1 fully saturated rings. The van der Waals surface area contributed by atoms with Crippen LogP contribution in [0, 0.1) is 11.8 Å². The van der Waals surface area contributed by atoms with E-state index in [1.54, 1.807) is 72.8 Å². The van der Waals surface area contributed by atoms with Crippen LogP contribution in [-0.4, -0.2) is 17.7 Å². The number of carbonyl (C=O) groups is 3. The molecule has 1 heterocycles. The fraction of sp³-hybridized carbons (Fsp3) is 0.179. The molecule has 5 rings (SSSR count). The summed E-state index contributed by atoms with van der Waals surface area (Å²) < 4.78 is 5.76. The van der Waals surface area contributed by atoms with Crippen LogP contribution < -0.4 is 15.0 Å². The molecule has 0 radical (unpaired) electrons. The van der Waals surface area contributed by atoms with E-state index in [1.165, 1.54) is 4.90 Å². The number of ether oxygens (including phenoxy) is 1. The number of benzene rings is 3. The number of fused-ring (bicyclic) bond motifs is 1. The number of anilines is 2. The fourth-order valence-electron chi connectivity index (χ4n) is 4.50. The molecule has 0 saturated carbocycles. The van der Waals surface area contributed by atoms with Crippen LogP contribution in [0.4, 0.5) is 11.4 Å². The second kappa shape index (κ2) is 9.39. The normalized spacial score (nSPS) is 19.3. The summed E-state index contributed by atoms with van der Waals surface area (Å²) in [7, 11) is 0. The molecule has 0 bridgehead atoms. The van der Waals surface area contributed by atoms with Crippen molar-refractivity contribution < 1.29 is 19.1 Å². The first-order valence-electron chi connectivity index (χ1n) is 11.4. The Morgan fingerprint density at radius 3 is 2.14 bits per heavy atom. The van der Waals surface area contributed by atoms with Crippen molar-refractivity contribution in [3.63, 3.8) is 0 Å². The predicted molar refractivity (Wildman–Crippen MR) is 135 cm³/mol. The number of allylic oxidation sites excluding steroid dienone is 2. The van der Waals surface area contributed by atoms with Crippen molar-refractivity contribution >= 4 is 40.7 Å². The number of hydrogen-bond donors (Lipinski definition) is 1. The molecule has 1 aliphatic heterocycles. The van der Waals surface area contributed by atoms with Gasteiger partial charge in [0.1, 0.15) is 11.5 Å². The SMILES string of the molecule is CC1=CC[C@@H]2C(=O)N(c3ccc(C(=O)Nc4ccc(Oc5ccc(Cl)cc5)cc4)cc3)C(=O)[C@@H]2C1. The van der Waals surface area contributed by atoms with Crippen LogP contribution >= 0.6 is 11.6 Å². The van der Waals surface area contributed by atoms with Crippen molar-refractivity contribution in [3.05, 3.63) is 95.0 Å². The zero-order valence-corrected chi connectivity index (χ0v) is 19.8. The molecule has 0 spiro atoms. The lowest BCUT2D eigenvalue weighted by atomic mass is 9.82. The number of nitrogens with zero attached hydrogens (tertiary/aromatic N) is 1. The van der Waals surface area contributed by atoms with Crippen molar-refractivity contribution in [2.75, 3.05) is 10.2 Å². The molecular weight excluding hydrogens is 464 g/mol. The average molecular weight is 487 g/mol. The third-order valence-electron chi connectivity index (χ3n) is 6.37. The maximum atomic E-state index is 12.9. The molecule has 3 aromatic rings. The average Bonchev–Trinajstić information content (AvgIpc) is 3.11. The van der Waals surface area contributed by atoms with E-state index in [2.05, 4.69) is 5.32 Å². The van der Waals surface area contributed by atoms with Crippen LogP contribution in [0.2, 0.25) is 5.02 Å². The Kier molecular flexibility index (Phi) is 6.14. The smallest absolute Gasteiger partial charge is 0.255 e. The van der Waals surface area contributed by atoms with E-state index in [0.717, 1.165) is 5.57 Å². The van der Waals surface area contributed by atoms with Gasteiger partial charge in [0.25, 0.3) is 5.91 Å². The van der Waals surface area contributed by atoms with Crippen molar-refractivity contribution in [2.45, 2.75) is 19.8 Å². The molecule has 3 amide bonds. The molecule has 0 unspecified atom stereocenters. The van der Waals surface area contributed by atoms with Crippen LogP contribution in [0.5, 0.6) is 11.5 Å². The summed E-state index contributed by atoms with van der Waals surface area (Å²) in [6, 6.07) is 20.6. The van der Waals surface area contributed by atoms with E-state index in [9.17, 15) is 14.4 Å². The van der Waals surface area contributed by atoms with Gasteiger partial charge in [0, 0.05) is 16.3 Å². The van der Waals surface area contributed by atoms with Gasteiger partial charge in [-0.25, -0.2) is 0 Å². The van der Waals surface area contributed by atoms with Gasteiger partial charge in [-0.3, -0.25) is 19.3 Å². The number of imide groups is 1. The highest BCUT2D eigenvalue weighted by Crippen LogP contribution is 2.39. The minimum absolute atomic E-state index is 0.162. The number of hydrogen-bond acceptors (Lipinski definition) is 4. The molecule has 6 nitrogen and oxygen atoms in total. The third-order valence-corrected chi connectivity index (χ3v) is 6.62. The molecule has 3 aromatic carbocycles. The molecule has 1 N–H and O–H groups in total. The first-order chi connectivity index (χ1) is 16.9. The molecule has 7 heteroatoms. The Morgan fingerprint density at radius 1 is 0.886 bits per heavy atom. The van der Waals surface area contributed by atoms with Gasteiger partial charge in [-0.1, -0.05) is 23.3 Å². The summed E-state index contributed by atoms with van der Waals surface area (Å²) in [6.07, 6.45) is 3.26. The second-order valence-electron chi connectivity index (χ2n) is 8.80. The van der Waals surface area contributed by atoms with Gasteiger partial charge >= 0.3 is 0 Å². The van der Waals surface area contributed by atoms with Gasteiger partial charge in [-0.15, -0.1) is 0 Å². The molecular formula is C28H23ClN2O4. The molecule has 176 valence electrons. The molecule has 35 heavy (non-hydrogen) atoms. The monoisotopic (exact) mass is 486 g/mol. The molecule has 2 atom stereocenters. The van der Waals surface area contributed by atoms with E-state index in [1.807, 2.05) is 13.0 Å². The maximum absolute atomic E-state index is 12.9. The Morgan fingerprint density at radius 2 is 1.49 bits per heavy atom. The Bertz CT molecular complexity index is 1310. The minimum Gasteiger partial charge on any atom is -0.457 e. The number of carbonyl (C=O) groups excluding carboxylic acids is 3. The van der Waals surface area contributed by atoms with Crippen LogP contribution in [0.25, 0.3) is 0 Å². The van der Waals surface area contributed by atoms with Gasteiger partial charge in [0.15, 0.2) is 0 Å². The van der Waals surface area contributed by atoms with Gasteiger partial charge < -0.3 is 10.1 Å². The van der Waals surface area contributed by atoms with Gasteiger partial charge in [0.05, 0.1) is 17.5 Å². The Labute approximate surface area is 208 Å². The second-order valence-corrected chi connectivity index (χ2v) is 9.23. The van der Waals surface area contributed by atoms with E-state index in [4.69, 9.17) is 16.3 Å². The van der Waals surface area contributed by atoms with E-state index < -0.39 is 0 Å². The number of amides is 3. The van der Waals surface area contributed by atoms with E-state index in [0.29, 0.717) is 46.3 Å². The Hall–Kier alpha value is -3.90. The highest BCUT2D eigenvalue weighted by molar-refractivity contribution is 6.30. The third kappa shape index (κ3) is 4.70. The lowest BCUT2D eigenvalue weighted by Gasteiger charge is -2.18. The summed E-state index contributed by atoms with van der Waals surface area (Å²) in [5, 5.41) is 3.47. The standard InChI is InChI=1S/C28H23ClN2O4/c1-17-2-15-24-25(16-17)28(34)31(27(24)33)21-9-3-18(4-10-21)26(32)30-20-7-13-23(14-8-20)35-22-11-5-19(29)6-12-22/h2-14,24-25H,15-16H2,1H3,(H,30,32)/t24-,25+/m0/s1. The van der Waals surface area contributed by atoms with Crippen LogP contribution in [0.1, 0.15) is 30.1 Å². The summed E-state index contributed by atoms with van der Waals surface area (Å²) in [5.74, 6) is 0.0818. The molecule has 2 aliphatic rings. The predicted octanol–water partition coefficient (Wildman–Crippen LogP) is 6.23. The van der Waals surface area contributed by atoms with Crippen molar-refractivity contribution in [1.29, 1.82) is 0 Å². The van der Waals surface area contributed by atoms with Crippen LogP contribution in [0.15, 0.2) is 84.4 Å². The highest BCUT2D eigenvalue weighted by Gasteiger charge is 2.48. The van der Waals surface area contributed by atoms with Gasteiger partial charge in [-0.2, -0.15) is 0 Å². The van der Waals surface area contributed by atoms with E-state index in [-0.39, 0.29) is 29.6 Å². The minimum atomic E-state index is -0.296. The lowest BCUT2D eigenvalue weighted by molar-refractivity contribution is -0.122. The van der Waals surface area contributed by atoms with Crippen LogP contribution in [0.3, 0.4) is 0 Å². The zero-order chi connectivity index (χ0) is 24.5. The maximum Gasteiger partial charge on any atom is 0.255 e. The number of halogens is 1. The topological polar surface area (TPSA) is 75.7 Å². The van der Waals surface area contributed by atoms with Gasteiger partial charge in [0.2, 0.25) is 11.8 Å². The van der Waals surface area contributed by atoms with Gasteiger partial charge in [-0.05, 0) is 92.6 Å². The lowest BCUT2D eigenvalue weighted by Crippen LogP contribution is -2.30. The molecule has 1 saturated heterocycles. The quantitative estimate of drug-likeness (QED) is 0.342. The first-order valence-corrected chi connectivity index (χ1v) is 11.8. The number of rotatable bonds is 5. The number of nitrogens with one attached hydrogen (secondary N) is 1. The summed E-state index contributed by atoms with van der Waals surface area (Å²) in [4.78, 5) is 39.7. The summed E-state index contributed by atoms with van der Waals surface area (Å²) in [6.45, 7) is 1.99. The summed E-state index contributed by atoms with van der Waals surface area (Å²) in [5.41, 5.74) is 2.67. The summed E-state index contributed by atoms with van der Waals surface area (Å²) >= 11 is 5.89. The van der Waals surface area contributed by atoms with Crippen LogP contribution in [-0.2, 0) is 9.59 Å². The molecule has 0 aromatic heterocycles. The Balaban J connectivity index is 1.23.